The number of halogens is 1. The molecule has 2 aromatic rings. The average molecular weight is 259 g/mol. The molecule has 1 aliphatic heterocycles. The van der Waals surface area contributed by atoms with E-state index >= 15 is 0 Å². The Morgan fingerprint density at radius 2 is 2.16 bits per heavy atom. The van der Waals surface area contributed by atoms with E-state index in [1.54, 1.807) is 18.5 Å². The van der Waals surface area contributed by atoms with Crippen molar-refractivity contribution in [3.05, 3.63) is 53.9 Å². The number of hydrogen-bond acceptors (Lipinski definition) is 4. The lowest BCUT2D eigenvalue weighted by Gasteiger charge is -2.26. The molecular formula is C14H14FN3O. The van der Waals surface area contributed by atoms with Crippen LogP contribution in [-0.4, -0.2) is 16.6 Å². The SMILES string of the molecule is Fc1ccc2c(c1)C(NCc1cncnc1)CCO2. The first-order chi connectivity index (χ1) is 9.33. The third-order valence-corrected chi connectivity index (χ3v) is 3.18. The summed E-state index contributed by atoms with van der Waals surface area (Å²) in [5.74, 6) is 0.522. The van der Waals surface area contributed by atoms with E-state index in [0.29, 0.717) is 13.2 Å². The van der Waals surface area contributed by atoms with Gasteiger partial charge in [-0.2, -0.15) is 0 Å². The Labute approximate surface area is 110 Å². The number of hydrogen-bond donors (Lipinski definition) is 1. The first-order valence-electron chi connectivity index (χ1n) is 6.22. The minimum atomic E-state index is -0.237. The maximum atomic E-state index is 13.3. The van der Waals surface area contributed by atoms with Crippen LogP contribution in [-0.2, 0) is 6.54 Å². The van der Waals surface area contributed by atoms with Crippen molar-refractivity contribution in [3.63, 3.8) is 0 Å². The fraction of sp³-hybridized carbons (Fsp3) is 0.286. The van der Waals surface area contributed by atoms with Gasteiger partial charge in [0.15, 0.2) is 0 Å². The lowest BCUT2D eigenvalue weighted by molar-refractivity contribution is 0.251. The molecule has 5 heteroatoms. The zero-order valence-electron chi connectivity index (χ0n) is 10.3. The molecule has 1 aromatic carbocycles. The van der Waals surface area contributed by atoms with Gasteiger partial charge in [0.05, 0.1) is 6.61 Å². The molecule has 0 radical (unpaired) electrons. The summed E-state index contributed by atoms with van der Waals surface area (Å²) in [6.07, 6.45) is 5.87. The van der Waals surface area contributed by atoms with Gasteiger partial charge in [-0.1, -0.05) is 0 Å². The summed E-state index contributed by atoms with van der Waals surface area (Å²) in [6.45, 7) is 1.29. The normalized spacial score (nSPS) is 17.6. The molecule has 4 nitrogen and oxygen atoms in total. The molecule has 0 aliphatic carbocycles. The number of aromatic nitrogens is 2. The highest BCUT2D eigenvalue weighted by atomic mass is 19.1. The molecule has 0 spiro atoms. The molecule has 1 N–H and O–H groups in total. The number of ether oxygens (including phenoxy) is 1. The summed E-state index contributed by atoms with van der Waals surface area (Å²) in [7, 11) is 0. The van der Waals surface area contributed by atoms with E-state index in [9.17, 15) is 4.39 Å². The van der Waals surface area contributed by atoms with Gasteiger partial charge in [0.2, 0.25) is 0 Å². The Balaban J connectivity index is 1.75. The molecule has 0 amide bonds. The molecular weight excluding hydrogens is 245 g/mol. The Kier molecular flexibility index (Phi) is 3.37. The molecule has 2 heterocycles. The Bertz CT molecular complexity index is 562. The Morgan fingerprint density at radius 3 is 3.00 bits per heavy atom. The Morgan fingerprint density at radius 1 is 1.32 bits per heavy atom. The monoisotopic (exact) mass is 259 g/mol. The molecule has 98 valence electrons. The maximum absolute atomic E-state index is 13.3. The molecule has 3 rings (SSSR count). The van der Waals surface area contributed by atoms with Crippen molar-refractivity contribution in [3.8, 4) is 5.75 Å². The highest BCUT2D eigenvalue weighted by molar-refractivity contribution is 5.38. The van der Waals surface area contributed by atoms with Gasteiger partial charge < -0.3 is 10.1 Å². The van der Waals surface area contributed by atoms with E-state index in [-0.39, 0.29) is 11.9 Å². The fourth-order valence-corrected chi connectivity index (χ4v) is 2.24. The fourth-order valence-electron chi connectivity index (χ4n) is 2.24. The smallest absolute Gasteiger partial charge is 0.124 e. The van der Waals surface area contributed by atoms with E-state index < -0.39 is 0 Å². The van der Waals surface area contributed by atoms with Gasteiger partial charge in [0.25, 0.3) is 0 Å². The molecule has 0 saturated heterocycles. The van der Waals surface area contributed by atoms with Crippen LogP contribution in [0, 0.1) is 5.82 Å². The third kappa shape index (κ3) is 2.71. The summed E-state index contributed by atoms with van der Waals surface area (Å²) in [6, 6.07) is 4.74. The van der Waals surface area contributed by atoms with Crippen molar-refractivity contribution in [2.75, 3.05) is 6.61 Å². The molecule has 1 atom stereocenters. The van der Waals surface area contributed by atoms with Gasteiger partial charge in [-0.25, -0.2) is 14.4 Å². The molecule has 1 unspecified atom stereocenters. The maximum Gasteiger partial charge on any atom is 0.124 e. The summed E-state index contributed by atoms with van der Waals surface area (Å²) in [4.78, 5) is 7.94. The number of fused-ring (bicyclic) bond motifs is 1. The van der Waals surface area contributed by atoms with Crippen molar-refractivity contribution >= 4 is 0 Å². The lowest BCUT2D eigenvalue weighted by atomic mass is 10.00. The standard InChI is InChI=1S/C14H14FN3O/c15-11-1-2-14-12(5-11)13(3-4-19-14)18-8-10-6-16-9-17-7-10/h1-2,5-7,9,13,18H,3-4,8H2. The predicted octanol–water partition coefficient (Wildman–Crippen LogP) is 2.23. The molecule has 1 aliphatic rings. The highest BCUT2D eigenvalue weighted by Crippen LogP contribution is 2.32. The van der Waals surface area contributed by atoms with Crippen LogP contribution in [0.2, 0.25) is 0 Å². The first-order valence-corrected chi connectivity index (χ1v) is 6.22. The second kappa shape index (κ2) is 5.32. The van der Waals surface area contributed by atoms with Crippen molar-refractivity contribution < 1.29 is 9.13 Å². The molecule has 1 aromatic heterocycles. The van der Waals surface area contributed by atoms with Crippen molar-refractivity contribution in [1.82, 2.24) is 15.3 Å². The molecule has 0 saturated carbocycles. The quantitative estimate of drug-likeness (QED) is 0.918. The number of nitrogens with zero attached hydrogens (tertiary/aromatic N) is 2. The second-order valence-corrected chi connectivity index (χ2v) is 4.50. The lowest BCUT2D eigenvalue weighted by Crippen LogP contribution is -2.27. The van der Waals surface area contributed by atoms with Crippen LogP contribution in [0.4, 0.5) is 4.39 Å². The average Bonchev–Trinajstić information content (AvgIpc) is 2.46. The van der Waals surface area contributed by atoms with E-state index in [1.165, 1.54) is 18.5 Å². The van der Waals surface area contributed by atoms with Crippen LogP contribution < -0.4 is 10.1 Å². The van der Waals surface area contributed by atoms with Gasteiger partial charge >= 0.3 is 0 Å². The van der Waals surface area contributed by atoms with E-state index in [0.717, 1.165) is 23.3 Å². The van der Waals surface area contributed by atoms with Crippen LogP contribution in [0.3, 0.4) is 0 Å². The third-order valence-electron chi connectivity index (χ3n) is 3.18. The summed E-state index contributed by atoms with van der Waals surface area (Å²) in [5, 5.41) is 3.39. The van der Waals surface area contributed by atoms with Crippen LogP contribution >= 0.6 is 0 Å². The molecule has 0 fully saturated rings. The van der Waals surface area contributed by atoms with Gasteiger partial charge in [0, 0.05) is 42.5 Å². The summed E-state index contributed by atoms with van der Waals surface area (Å²) in [5.41, 5.74) is 1.88. The molecule has 0 bridgehead atoms. The number of nitrogens with one attached hydrogen (secondary N) is 1. The van der Waals surface area contributed by atoms with Crippen LogP contribution in [0.1, 0.15) is 23.6 Å². The predicted molar refractivity (Wildman–Crippen MR) is 68.1 cm³/mol. The zero-order chi connectivity index (χ0) is 13.1. The second-order valence-electron chi connectivity index (χ2n) is 4.50. The van der Waals surface area contributed by atoms with Crippen LogP contribution in [0.15, 0.2) is 36.9 Å². The summed E-state index contributed by atoms with van der Waals surface area (Å²) >= 11 is 0. The van der Waals surface area contributed by atoms with Crippen molar-refractivity contribution in [1.29, 1.82) is 0 Å². The van der Waals surface area contributed by atoms with Gasteiger partial charge in [0.1, 0.15) is 17.9 Å². The van der Waals surface area contributed by atoms with E-state index in [2.05, 4.69) is 15.3 Å². The van der Waals surface area contributed by atoms with Crippen LogP contribution in [0.5, 0.6) is 5.75 Å². The Hall–Kier alpha value is -2.01. The van der Waals surface area contributed by atoms with Crippen molar-refractivity contribution in [2.24, 2.45) is 0 Å². The highest BCUT2D eigenvalue weighted by Gasteiger charge is 2.21. The minimum Gasteiger partial charge on any atom is -0.493 e. The van der Waals surface area contributed by atoms with Crippen LogP contribution in [0.25, 0.3) is 0 Å². The number of rotatable bonds is 3. The largest absolute Gasteiger partial charge is 0.493 e. The summed E-state index contributed by atoms with van der Waals surface area (Å²) < 4.78 is 18.9. The van der Waals surface area contributed by atoms with Gasteiger partial charge in [-0.15, -0.1) is 0 Å². The first kappa shape index (κ1) is 12.0. The molecule has 19 heavy (non-hydrogen) atoms. The number of benzene rings is 1. The minimum absolute atomic E-state index is 0.0969. The van der Waals surface area contributed by atoms with Gasteiger partial charge in [-0.05, 0) is 18.2 Å². The van der Waals surface area contributed by atoms with Gasteiger partial charge in [-0.3, -0.25) is 0 Å². The van der Waals surface area contributed by atoms with E-state index in [4.69, 9.17) is 4.74 Å². The zero-order valence-corrected chi connectivity index (χ0v) is 10.3. The van der Waals surface area contributed by atoms with Crippen molar-refractivity contribution in [2.45, 2.75) is 19.0 Å². The topological polar surface area (TPSA) is 47.0 Å². The van der Waals surface area contributed by atoms with E-state index in [1.807, 2.05) is 0 Å².